The first-order valence-corrected chi connectivity index (χ1v) is 6.29. The normalized spacial score (nSPS) is 15.1. The molecular weight excluding hydrogens is 222 g/mol. The monoisotopic (exact) mass is 235 g/mol. The van der Waals surface area contributed by atoms with Crippen molar-refractivity contribution >= 4 is 11.0 Å². The lowest BCUT2D eigenvalue weighted by atomic mass is 10.1. The third kappa shape index (κ3) is 1.51. The number of fused-ring (bicyclic) bond motifs is 1. The van der Waals surface area contributed by atoms with Crippen molar-refractivity contribution in [2.24, 2.45) is 0 Å². The SMILES string of the molecule is c1cc(C2CC2)cc(-n2ccc3cncnc32)c1. The maximum Gasteiger partial charge on any atom is 0.147 e. The van der Waals surface area contributed by atoms with E-state index in [9.17, 15) is 0 Å². The molecule has 1 aliphatic rings. The second-order valence-corrected chi connectivity index (χ2v) is 4.86. The van der Waals surface area contributed by atoms with Crippen molar-refractivity contribution in [3.8, 4) is 5.69 Å². The highest BCUT2D eigenvalue weighted by Crippen LogP contribution is 2.40. The van der Waals surface area contributed by atoms with Crippen LogP contribution in [-0.4, -0.2) is 14.5 Å². The Kier molecular flexibility index (Phi) is 2.00. The Hall–Kier alpha value is -2.16. The van der Waals surface area contributed by atoms with Gasteiger partial charge in [0.1, 0.15) is 12.0 Å². The van der Waals surface area contributed by atoms with Crippen LogP contribution in [0, 0.1) is 0 Å². The molecule has 3 aromatic rings. The van der Waals surface area contributed by atoms with Gasteiger partial charge in [0, 0.05) is 23.5 Å². The Balaban J connectivity index is 1.88. The van der Waals surface area contributed by atoms with E-state index in [2.05, 4.69) is 51.1 Å². The van der Waals surface area contributed by atoms with E-state index in [1.807, 2.05) is 6.20 Å². The number of rotatable bonds is 2. The first-order chi connectivity index (χ1) is 8.92. The van der Waals surface area contributed by atoms with Gasteiger partial charge in [-0.2, -0.15) is 0 Å². The molecule has 4 rings (SSSR count). The van der Waals surface area contributed by atoms with Gasteiger partial charge in [0.15, 0.2) is 0 Å². The summed E-state index contributed by atoms with van der Waals surface area (Å²) in [5, 5.41) is 1.08. The first-order valence-electron chi connectivity index (χ1n) is 6.29. The van der Waals surface area contributed by atoms with Gasteiger partial charge in [-0.05, 0) is 42.5 Å². The number of hydrogen-bond acceptors (Lipinski definition) is 2. The minimum atomic E-state index is 0.779. The predicted octanol–water partition coefficient (Wildman–Crippen LogP) is 3.30. The van der Waals surface area contributed by atoms with Crippen molar-refractivity contribution in [2.45, 2.75) is 18.8 Å². The molecule has 1 aromatic carbocycles. The van der Waals surface area contributed by atoms with Crippen molar-refractivity contribution < 1.29 is 0 Å². The van der Waals surface area contributed by atoms with E-state index >= 15 is 0 Å². The zero-order valence-electron chi connectivity index (χ0n) is 9.95. The van der Waals surface area contributed by atoms with Crippen molar-refractivity contribution in [1.29, 1.82) is 0 Å². The molecule has 0 N–H and O–H groups in total. The van der Waals surface area contributed by atoms with Crippen LogP contribution in [-0.2, 0) is 0 Å². The van der Waals surface area contributed by atoms with Crippen molar-refractivity contribution in [1.82, 2.24) is 14.5 Å². The van der Waals surface area contributed by atoms with Gasteiger partial charge in [0.2, 0.25) is 0 Å². The molecule has 3 nitrogen and oxygen atoms in total. The highest BCUT2D eigenvalue weighted by Gasteiger charge is 2.23. The topological polar surface area (TPSA) is 30.7 Å². The van der Waals surface area contributed by atoms with Crippen molar-refractivity contribution in [2.75, 3.05) is 0 Å². The van der Waals surface area contributed by atoms with E-state index in [-0.39, 0.29) is 0 Å². The van der Waals surface area contributed by atoms with Gasteiger partial charge in [-0.3, -0.25) is 0 Å². The smallest absolute Gasteiger partial charge is 0.147 e. The Morgan fingerprint density at radius 3 is 3.00 bits per heavy atom. The third-order valence-electron chi connectivity index (χ3n) is 3.55. The van der Waals surface area contributed by atoms with Crippen LogP contribution in [0.25, 0.3) is 16.7 Å². The average molecular weight is 235 g/mol. The molecule has 0 saturated heterocycles. The molecule has 1 saturated carbocycles. The van der Waals surface area contributed by atoms with Crippen LogP contribution in [0.5, 0.6) is 0 Å². The van der Waals surface area contributed by atoms with Crippen LogP contribution in [0.1, 0.15) is 24.3 Å². The van der Waals surface area contributed by atoms with Gasteiger partial charge in [-0.15, -0.1) is 0 Å². The Morgan fingerprint density at radius 1 is 1.17 bits per heavy atom. The van der Waals surface area contributed by atoms with E-state index in [1.165, 1.54) is 24.1 Å². The summed E-state index contributed by atoms with van der Waals surface area (Å²) in [6.07, 6.45) is 8.18. The second kappa shape index (κ2) is 3.67. The van der Waals surface area contributed by atoms with E-state index in [1.54, 1.807) is 6.33 Å². The van der Waals surface area contributed by atoms with E-state index in [0.717, 1.165) is 17.0 Å². The van der Waals surface area contributed by atoms with Crippen LogP contribution in [0.15, 0.2) is 49.1 Å². The maximum atomic E-state index is 4.36. The average Bonchev–Trinajstić information content (AvgIpc) is 3.19. The summed E-state index contributed by atoms with van der Waals surface area (Å²) < 4.78 is 2.13. The zero-order chi connectivity index (χ0) is 11.9. The molecule has 0 unspecified atom stereocenters. The zero-order valence-corrected chi connectivity index (χ0v) is 9.95. The molecule has 0 aliphatic heterocycles. The Bertz CT molecular complexity index is 710. The first kappa shape index (κ1) is 9.83. The lowest BCUT2D eigenvalue weighted by molar-refractivity contribution is 1.05. The number of aromatic nitrogens is 3. The summed E-state index contributed by atoms with van der Waals surface area (Å²) in [6.45, 7) is 0. The van der Waals surface area contributed by atoms with Gasteiger partial charge < -0.3 is 4.57 Å². The number of benzene rings is 1. The molecule has 3 heteroatoms. The molecule has 2 aromatic heterocycles. The summed E-state index contributed by atoms with van der Waals surface area (Å²) in [5.41, 5.74) is 3.61. The maximum absolute atomic E-state index is 4.36. The van der Waals surface area contributed by atoms with Crippen LogP contribution < -0.4 is 0 Å². The molecule has 1 aliphatic carbocycles. The summed E-state index contributed by atoms with van der Waals surface area (Å²) in [5.74, 6) is 0.779. The van der Waals surface area contributed by atoms with Crippen LogP contribution in [0.3, 0.4) is 0 Å². The quantitative estimate of drug-likeness (QED) is 0.682. The predicted molar refractivity (Wildman–Crippen MR) is 70.8 cm³/mol. The summed E-state index contributed by atoms with van der Waals surface area (Å²) in [4.78, 5) is 8.41. The Morgan fingerprint density at radius 2 is 2.11 bits per heavy atom. The fourth-order valence-corrected chi connectivity index (χ4v) is 2.43. The summed E-state index contributed by atoms with van der Waals surface area (Å²) in [6, 6.07) is 10.8. The summed E-state index contributed by atoms with van der Waals surface area (Å²) in [7, 11) is 0. The molecule has 0 spiro atoms. The van der Waals surface area contributed by atoms with E-state index < -0.39 is 0 Å². The molecule has 0 radical (unpaired) electrons. The molecule has 2 heterocycles. The number of hydrogen-bond donors (Lipinski definition) is 0. The highest BCUT2D eigenvalue weighted by atomic mass is 15.0. The second-order valence-electron chi connectivity index (χ2n) is 4.86. The van der Waals surface area contributed by atoms with Crippen LogP contribution in [0.4, 0.5) is 0 Å². The van der Waals surface area contributed by atoms with Crippen LogP contribution in [0.2, 0.25) is 0 Å². The molecule has 18 heavy (non-hydrogen) atoms. The highest BCUT2D eigenvalue weighted by molar-refractivity contribution is 5.76. The van der Waals surface area contributed by atoms with E-state index in [0.29, 0.717) is 0 Å². The Labute approximate surface area is 105 Å². The molecule has 0 bridgehead atoms. The van der Waals surface area contributed by atoms with Gasteiger partial charge >= 0.3 is 0 Å². The fourth-order valence-electron chi connectivity index (χ4n) is 2.43. The van der Waals surface area contributed by atoms with Gasteiger partial charge in [-0.25, -0.2) is 9.97 Å². The molecule has 1 fully saturated rings. The van der Waals surface area contributed by atoms with Crippen molar-refractivity contribution in [3.05, 3.63) is 54.6 Å². The van der Waals surface area contributed by atoms with Gasteiger partial charge in [-0.1, -0.05) is 12.1 Å². The van der Waals surface area contributed by atoms with Crippen LogP contribution >= 0.6 is 0 Å². The molecule has 88 valence electrons. The lowest BCUT2D eigenvalue weighted by Gasteiger charge is -2.06. The molecular formula is C15H13N3. The number of nitrogens with zero attached hydrogens (tertiary/aromatic N) is 3. The largest absolute Gasteiger partial charge is 0.301 e. The fraction of sp³-hybridized carbons (Fsp3) is 0.200. The standard InChI is InChI=1S/C15H13N3/c1-2-12(11-4-5-11)8-14(3-1)18-7-6-13-9-16-10-17-15(13)18/h1-3,6-11H,4-5H2. The third-order valence-corrected chi connectivity index (χ3v) is 3.55. The van der Waals surface area contributed by atoms with Crippen molar-refractivity contribution in [3.63, 3.8) is 0 Å². The van der Waals surface area contributed by atoms with Gasteiger partial charge in [0.25, 0.3) is 0 Å². The summed E-state index contributed by atoms with van der Waals surface area (Å²) >= 11 is 0. The van der Waals surface area contributed by atoms with E-state index in [4.69, 9.17) is 0 Å². The lowest BCUT2D eigenvalue weighted by Crippen LogP contribution is -1.94. The minimum Gasteiger partial charge on any atom is -0.301 e. The molecule has 0 atom stereocenters. The minimum absolute atomic E-state index is 0.779. The molecule has 0 amide bonds. The van der Waals surface area contributed by atoms with Gasteiger partial charge in [0.05, 0.1) is 0 Å².